The van der Waals surface area contributed by atoms with Gasteiger partial charge in [-0.2, -0.15) is 0 Å². The van der Waals surface area contributed by atoms with E-state index in [-0.39, 0.29) is 6.10 Å². The second-order valence-corrected chi connectivity index (χ2v) is 3.59. The monoisotopic (exact) mass is 224 g/mol. The fourth-order valence-corrected chi connectivity index (χ4v) is 1.14. The predicted molar refractivity (Wildman–Crippen MR) is 60.2 cm³/mol. The molecule has 0 fully saturated rings. The summed E-state index contributed by atoms with van der Waals surface area (Å²) in [6.45, 7) is 3.37. The van der Waals surface area contributed by atoms with Gasteiger partial charge in [-0.05, 0) is 26.0 Å². The molecule has 4 heteroatoms. The Morgan fingerprint density at radius 2 is 2.06 bits per heavy atom. The van der Waals surface area contributed by atoms with E-state index in [1.165, 1.54) is 7.11 Å². The van der Waals surface area contributed by atoms with Crippen LogP contribution in [0.15, 0.2) is 18.2 Å². The zero-order valence-electron chi connectivity index (χ0n) is 9.64. The number of aliphatic hydroxyl groups is 1. The maximum Gasteiger partial charge on any atom is 0.153 e. The summed E-state index contributed by atoms with van der Waals surface area (Å²) in [6.07, 6.45) is -0.278. The van der Waals surface area contributed by atoms with E-state index in [1.54, 1.807) is 32.0 Å². The van der Waals surface area contributed by atoms with Crippen molar-refractivity contribution in [1.82, 2.24) is 0 Å². The van der Waals surface area contributed by atoms with Crippen molar-refractivity contribution >= 4 is 6.29 Å². The Labute approximate surface area is 94.8 Å². The standard InChI is InChI=1S/C12H16O4/c1-8(14)9(2)16-12-6-11(15-3)5-4-10(12)7-13/h4-9,14H,1-3H3. The van der Waals surface area contributed by atoms with E-state index in [9.17, 15) is 9.90 Å². The Kier molecular flexibility index (Phi) is 4.31. The molecule has 0 aliphatic carbocycles. The molecule has 4 nitrogen and oxygen atoms in total. The first-order valence-electron chi connectivity index (χ1n) is 5.06. The lowest BCUT2D eigenvalue weighted by molar-refractivity contribution is 0.0596. The number of aldehydes is 1. The summed E-state index contributed by atoms with van der Waals surface area (Å²) in [7, 11) is 1.54. The third-order valence-electron chi connectivity index (χ3n) is 2.34. The third-order valence-corrected chi connectivity index (χ3v) is 2.34. The molecule has 0 heterocycles. The van der Waals surface area contributed by atoms with Crippen molar-refractivity contribution in [3.05, 3.63) is 23.8 Å². The van der Waals surface area contributed by atoms with Gasteiger partial charge >= 0.3 is 0 Å². The molecule has 0 spiro atoms. The van der Waals surface area contributed by atoms with Gasteiger partial charge in [0.05, 0.1) is 18.8 Å². The number of rotatable bonds is 5. The van der Waals surface area contributed by atoms with Gasteiger partial charge in [0.25, 0.3) is 0 Å². The van der Waals surface area contributed by atoms with Gasteiger partial charge in [-0.15, -0.1) is 0 Å². The maximum atomic E-state index is 10.8. The molecule has 0 amide bonds. The van der Waals surface area contributed by atoms with Gasteiger partial charge in [0.2, 0.25) is 0 Å². The average Bonchev–Trinajstić information content (AvgIpc) is 2.28. The lowest BCUT2D eigenvalue weighted by Crippen LogP contribution is -2.26. The molecule has 1 aromatic carbocycles. The molecule has 1 N–H and O–H groups in total. The van der Waals surface area contributed by atoms with Crippen molar-refractivity contribution in [3.63, 3.8) is 0 Å². The first kappa shape index (κ1) is 12.5. The summed E-state index contributed by atoms with van der Waals surface area (Å²) >= 11 is 0. The van der Waals surface area contributed by atoms with E-state index < -0.39 is 6.10 Å². The second kappa shape index (κ2) is 5.51. The Morgan fingerprint density at radius 3 is 2.56 bits per heavy atom. The van der Waals surface area contributed by atoms with Crippen LogP contribution < -0.4 is 9.47 Å². The van der Waals surface area contributed by atoms with Crippen LogP contribution in [-0.4, -0.2) is 30.7 Å². The first-order valence-corrected chi connectivity index (χ1v) is 5.06. The van der Waals surface area contributed by atoms with Crippen LogP contribution in [0.4, 0.5) is 0 Å². The van der Waals surface area contributed by atoms with Crippen molar-refractivity contribution in [2.75, 3.05) is 7.11 Å². The molecule has 16 heavy (non-hydrogen) atoms. The van der Waals surface area contributed by atoms with Crippen molar-refractivity contribution in [3.8, 4) is 11.5 Å². The maximum absolute atomic E-state index is 10.8. The minimum absolute atomic E-state index is 0.384. The van der Waals surface area contributed by atoms with E-state index in [0.29, 0.717) is 23.3 Å². The number of hydrogen-bond acceptors (Lipinski definition) is 4. The highest BCUT2D eigenvalue weighted by molar-refractivity contribution is 5.79. The smallest absolute Gasteiger partial charge is 0.153 e. The SMILES string of the molecule is COc1ccc(C=O)c(OC(C)C(C)O)c1. The summed E-state index contributed by atoms with van der Waals surface area (Å²) in [5, 5.41) is 9.33. The van der Waals surface area contributed by atoms with Gasteiger partial charge in [0.1, 0.15) is 17.6 Å². The largest absolute Gasteiger partial charge is 0.497 e. The van der Waals surface area contributed by atoms with Crippen LogP contribution in [-0.2, 0) is 0 Å². The van der Waals surface area contributed by atoms with E-state index in [2.05, 4.69) is 0 Å². The number of benzene rings is 1. The van der Waals surface area contributed by atoms with E-state index in [1.807, 2.05) is 0 Å². The normalized spacial score (nSPS) is 14.0. The molecule has 1 aromatic rings. The minimum atomic E-state index is -0.606. The lowest BCUT2D eigenvalue weighted by atomic mass is 10.2. The number of methoxy groups -OCH3 is 1. The van der Waals surface area contributed by atoms with Gasteiger partial charge in [0, 0.05) is 6.07 Å². The number of hydrogen-bond donors (Lipinski definition) is 1. The van der Waals surface area contributed by atoms with E-state index in [4.69, 9.17) is 9.47 Å². The number of ether oxygens (including phenoxy) is 2. The van der Waals surface area contributed by atoms with Gasteiger partial charge in [-0.1, -0.05) is 0 Å². The topological polar surface area (TPSA) is 55.8 Å². The van der Waals surface area contributed by atoms with Gasteiger partial charge in [0.15, 0.2) is 6.29 Å². The molecule has 2 unspecified atom stereocenters. The summed E-state index contributed by atoms with van der Waals surface area (Å²) in [6, 6.07) is 4.93. The Balaban J connectivity index is 2.95. The molecule has 0 aliphatic heterocycles. The molecule has 1 rings (SSSR count). The molecular weight excluding hydrogens is 208 g/mol. The van der Waals surface area contributed by atoms with Crippen molar-refractivity contribution in [2.24, 2.45) is 0 Å². The predicted octanol–water partition coefficient (Wildman–Crippen LogP) is 1.66. The first-order chi connectivity index (χ1) is 7.58. The summed E-state index contributed by atoms with van der Waals surface area (Å²) in [5.74, 6) is 1.03. The molecule has 0 aliphatic rings. The molecule has 0 saturated heterocycles. The van der Waals surface area contributed by atoms with Crippen LogP contribution in [0, 0.1) is 0 Å². The fraction of sp³-hybridized carbons (Fsp3) is 0.417. The van der Waals surface area contributed by atoms with Crippen LogP contribution in [0.2, 0.25) is 0 Å². The molecular formula is C12H16O4. The Hall–Kier alpha value is -1.55. The van der Waals surface area contributed by atoms with Gasteiger partial charge in [-0.3, -0.25) is 4.79 Å². The molecule has 0 aromatic heterocycles. The van der Waals surface area contributed by atoms with Crippen LogP contribution in [0.3, 0.4) is 0 Å². The molecule has 0 radical (unpaired) electrons. The summed E-state index contributed by atoms with van der Waals surface area (Å²) < 4.78 is 10.5. The minimum Gasteiger partial charge on any atom is -0.497 e. The van der Waals surface area contributed by atoms with Crippen molar-refractivity contribution in [2.45, 2.75) is 26.1 Å². The highest BCUT2D eigenvalue weighted by Crippen LogP contribution is 2.24. The van der Waals surface area contributed by atoms with E-state index in [0.717, 1.165) is 0 Å². The van der Waals surface area contributed by atoms with E-state index >= 15 is 0 Å². The quantitative estimate of drug-likeness (QED) is 0.773. The van der Waals surface area contributed by atoms with Crippen LogP contribution in [0.1, 0.15) is 24.2 Å². The third kappa shape index (κ3) is 2.97. The highest BCUT2D eigenvalue weighted by atomic mass is 16.5. The average molecular weight is 224 g/mol. The zero-order chi connectivity index (χ0) is 12.1. The van der Waals surface area contributed by atoms with Crippen LogP contribution >= 0.6 is 0 Å². The number of aliphatic hydroxyl groups excluding tert-OH is 1. The number of carbonyl (C=O) groups is 1. The molecule has 0 bridgehead atoms. The number of carbonyl (C=O) groups excluding carboxylic acids is 1. The van der Waals surface area contributed by atoms with Crippen LogP contribution in [0.25, 0.3) is 0 Å². The van der Waals surface area contributed by atoms with Crippen LogP contribution in [0.5, 0.6) is 11.5 Å². The molecule has 2 atom stereocenters. The lowest BCUT2D eigenvalue weighted by Gasteiger charge is -2.18. The Bertz CT molecular complexity index is 360. The van der Waals surface area contributed by atoms with Crippen molar-refractivity contribution in [1.29, 1.82) is 0 Å². The zero-order valence-corrected chi connectivity index (χ0v) is 9.64. The van der Waals surface area contributed by atoms with Gasteiger partial charge < -0.3 is 14.6 Å². The molecule has 88 valence electrons. The fourth-order valence-electron chi connectivity index (χ4n) is 1.14. The summed E-state index contributed by atoms with van der Waals surface area (Å²) in [4.78, 5) is 10.8. The highest BCUT2D eigenvalue weighted by Gasteiger charge is 2.13. The Morgan fingerprint density at radius 1 is 1.38 bits per heavy atom. The van der Waals surface area contributed by atoms with Gasteiger partial charge in [-0.25, -0.2) is 0 Å². The van der Waals surface area contributed by atoms with Crippen molar-refractivity contribution < 1.29 is 19.4 Å². The molecule has 0 saturated carbocycles. The second-order valence-electron chi connectivity index (χ2n) is 3.59. The summed E-state index contributed by atoms with van der Waals surface area (Å²) in [5.41, 5.74) is 0.438.